The first-order chi connectivity index (χ1) is 15.6. The van der Waals surface area contributed by atoms with Gasteiger partial charge < -0.3 is 9.84 Å². The molecule has 0 aromatic rings. The largest absolute Gasteiger partial charge is 0.479 e. The molecule has 0 spiro atoms. The minimum absolute atomic E-state index is 0.425. The van der Waals surface area contributed by atoms with E-state index in [4.69, 9.17) is 9.84 Å². The van der Waals surface area contributed by atoms with E-state index in [0.717, 1.165) is 19.3 Å². The van der Waals surface area contributed by atoms with Crippen LogP contribution in [0.5, 0.6) is 0 Å². The van der Waals surface area contributed by atoms with Crippen LogP contribution in [0.15, 0.2) is 0 Å². The molecule has 0 heterocycles. The molecule has 1 N–H and O–H groups in total. The maximum Gasteiger partial charge on any atom is 0.345 e. The Labute approximate surface area is 199 Å². The van der Waals surface area contributed by atoms with E-state index in [1.165, 1.54) is 129 Å². The number of ether oxygens (including phenoxy) is 1. The molecular formula is C28H54O4. The number of carbonyl (C=O) groups is 2. The van der Waals surface area contributed by atoms with Crippen LogP contribution < -0.4 is 0 Å². The van der Waals surface area contributed by atoms with Crippen molar-refractivity contribution in [1.29, 1.82) is 0 Å². The summed E-state index contributed by atoms with van der Waals surface area (Å²) >= 11 is 0. The SMILES string of the molecule is CCCCCCCCCCCCCCCCCCCCCCCC[C@H](OC(C)=O)C(=O)O. The normalized spacial score (nSPS) is 12.1. The second-order valence-corrected chi connectivity index (χ2v) is 9.65. The minimum atomic E-state index is -1.04. The lowest BCUT2D eigenvalue weighted by molar-refractivity contribution is -0.163. The molecule has 0 saturated carbocycles. The summed E-state index contributed by atoms with van der Waals surface area (Å²) < 4.78 is 4.82. The predicted molar refractivity (Wildman–Crippen MR) is 135 cm³/mol. The van der Waals surface area contributed by atoms with E-state index < -0.39 is 18.0 Å². The Morgan fingerprint density at radius 2 is 0.844 bits per heavy atom. The van der Waals surface area contributed by atoms with E-state index in [-0.39, 0.29) is 0 Å². The summed E-state index contributed by atoms with van der Waals surface area (Å²) in [6, 6.07) is 0. The van der Waals surface area contributed by atoms with E-state index in [0.29, 0.717) is 6.42 Å². The molecule has 0 amide bonds. The summed E-state index contributed by atoms with van der Waals surface area (Å²) in [5.41, 5.74) is 0. The maximum atomic E-state index is 11.0. The van der Waals surface area contributed by atoms with Gasteiger partial charge in [0.15, 0.2) is 6.10 Å². The monoisotopic (exact) mass is 454 g/mol. The number of carboxylic acid groups (broad SMARTS) is 1. The van der Waals surface area contributed by atoms with Crippen molar-refractivity contribution in [3.05, 3.63) is 0 Å². The zero-order valence-corrected chi connectivity index (χ0v) is 21.5. The number of aliphatic carboxylic acids is 1. The molecule has 0 aromatic heterocycles. The van der Waals surface area contributed by atoms with Gasteiger partial charge in [0.05, 0.1) is 0 Å². The van der Waals surface area contributed by atoms with Crippen LogP contribution in [0.4, 0.5) is 0 Å². The Kier molecular flexibility index (Phi) is 23.8. The third-order valence-electron chi connectivity index (χ3n) is 6.40. The fourth-order valence-electron chi connectivity index (χ4n) is 4.37. The highest BCUT2D eigenvalue weighted by Crippen LogP contribution is 2.16. The summed E-state index contributed by atoms with van der Waals surface area (Å²) in [5.74, 6) is -1.56. The van der Waals surface area contributed by atoms with Gasteiger partial charge >= 0.3 is 11.9 Å². The van der Waals surface area contributed by atoms with E-state index in [1.54, 1.807) is 0 Å². The van der Waals surface area contributed by atoms with Gasteiger partial charge in [-0.2, -0.15) is 0 Å². The Balaban J connectivity index is 3.19. The fourth-order valence-corrected chi connectivity index (χ4v) is 4.37. The number of rotatable bonds is 25. The lowest BCUT2D eigenvalue weighted by Crippen LogP contribution is -2.25. The molecule has 0 aliphatic heterocycles. The molecule has 32 heavy (non-hydrogen) atoms. The van der Waals surface area contributed by atoms with Gasteiger partial charge in [-0.15, -0.1) is 0 Å². The van der Waals surface area contributed by atoms with Gasteiger partial charge in [-0.1, -0.05) is 142 Å². The highest BCUT2D eigenvalue weighted by molar-refractivity contribution is 5.76. The number of hydrogen-bond donors (Lipinski definition) is 1. The Morgan fingerprint density at radius 3 is 1.09 bits per heavy atom. The van der Waals surface area contributed by atoms with Crippen LogP contribution in [-0.4, -0.2) is 23.1 Å². The number of unbranched alkanes of at least 4 members (excludes halogenated alkanes) is 21. The Hall–Kier alpha value is -1.06. The maximum absolute atomic E-state index is 11.0. The molecule has 0 fully saturated rings. The second-order valence-electron chi connectivity index (χ2n) is 9.65. The zero-order valence-electron chi connectivity index (χ0n) is 21.5. The number of hydrogen-bond acceptors (Lipinski definition) is 3. The molecule has 0 aliphatic rings. The molecule has 0 unspecified atom stereocenters. The number of carboxylic acids is 1. The van der Waals surface area contributed by atoms with Crippen molar-refractivity contribution >= 4 is 11.9 Å². The molecular weight excluding hydrogens is 400 g/mol. The third-order valence-corrected chi connectivity index (χ3v) is 6.40. The standard InChI is InChI=1S/C28H54O4/c1-3-4-5-6-7-8-9-10-11-12-13-14-15-16-17-18-19-20-21-22-23-24-25-27(28(30)31)32-26(2)29/h27H,3-25H2,1-2H3,(H,30,31)/t27-/m0/s1. The summed E-state index contributed by atoms with van der Waals surface area (Å²) in [4.78, 5) is 21.9. The molecule has 0 radical (unpaired) electrons. The lowest BCUT2D eigenvalue weighted by Gasteiger charge is -2.11. The van der Waals surface area contributed by atoms with E-state index in [2.05, 4.69) is 6.92 Å². The van der Waals surface area contributed by atoms with Crippen molar-refractivity contribution in [3.8, 4) is 0 Å². The van der Waals surface area contributed by atoms with Gasteiger partial charge in [0, 0.05) is 6.92 Å². The summed E-state index contributed by atoms with van der Waals surface area (Å²) in [6.45, 7) is 3.54. The summed E-state index contributed by atoms with van der Waals surface area (Å²) in [7, 11) is 0. The number of esters is 1. The Bertz CT molecular complexity index is 422. The average Bonchev–Trinajstić information content (AvgIpc) is 2.76. The zero-order chi connectivity index (χ0) is 23.7. The highest BCUT2D eigenvalue weighted by atomic mass is 16.6. The van der Waals surface area contributed by atoms with Crippen LogP contribution in [0.3, 0.4) is 0 Å². The predicted octanol–water partition coefficient (Wildman–Crippen LogP) is 8.99. The topological polar surface area (TPSA) is 63.6 Å². The van der Waals surface area contributed by atoms with Gasteiger partial charge in [-0.3, -0.25) is 4.79 Å². The van der Waals surface area contributed by atoms with Gasteiger partial charge in [0.25, 0.3) is 0 Å². The molecule has 1 atom stereocenters. The van der Waals surface area contributed by atoms with E-state index >= 15 is 0 Å². The van der Waals surface area contributed by atoms with Crippen LogP contribution in [0, 0.1) is 0 Å². The van der Waals surface area contributed by atoms with Crippen molar-refractivity contribution in [1.82, 2.24) is 0 Å². The quantitative estimate of drug-likeness (QED) is 0.110. The second kappa shape index (κ2) is 24.6. The lowest BCUT2D eigenvalue weighted by atomic mass is 10.0. The summed E-state index contributed by atoms with van der Waals surface area (Å²) in [6.07, 6.45) is 28.9. The Morgan fingerprint density at radius 1 is 0.562 bits per heavy atom. The van der Waals surface area contributed by atoms with Gasteiger partial charge in [0.2, 0.25) is 0 Å². The van der Waals surface area contributed by atoms with Gasteiger partial charge in [0.1, 0.15) is 0 Å². The van der Waals surface area contributed by atoms with Crippen LogP contribution in [0.1, 0.15) is 162 Å². The third kappa shape index (κ3) is 23.6. The van der Waals surface area contributed by atoms with Crippen LogP contribution in [-0.2, 0) is 14.3 Å². The molecule has 0 aliphatic carbocycles. The van der Waals surface area contributed by atoms with Crippen LogP contribution >= 0.6 is 0 Å². The van der Waals surface area contributed by atoms with Crippen molar-refractivity contribution in [2.45, 2.75) is 168 Å². The molecule has 190 valence electrons. The van der Waals surface area contributed by atoms with Gasteiger partial charge in [-0.05, 0) is 12.8 Å². The van der Waals surface area contributed by atoms with E-state index in [9.17, 15) is 9.59 Å². The smallest absolute Gasteiger partial charge is 0.345 e. The van der Waals surface area contributed by atoms with Crippen LogP contribution in [0.25, 0.3) is 0 Å². The molecule has 4 nitrogen and oxygen atoms in total. The average molecular weight is 455 g/mol. The highest BCUT2D eigenvalue weighted by Gasteiger charge is 2.19. The molecule has 0 saturated heterocycles. The van der Waals surface area contributed by atoms with Crippen LogP contribution in [0.2, 0.25) is 0 Å². The minimum Gasteiger partial charge on any atom is -0.479 e. The molecule has 0 aromatic carbocycles. The molecule has 0 bridgehead atoms. The molecule has 4 heteroatoms. The first kappa shape index (κ1) is 30.9. The van der Waals surface area contributed by atoms with Crippen molar-refractivity contribution < 1.29 is 19.4 Å². The first-order valence-electron chi connectivity index (χ1n) is 14.0. The summed E-state index contributed by atoms with van der Waals surface area (Å²) in [5, 5.41) is 9.02. The van der Waals surface area contributed by atoms with E-state index in [1.807, 2.05) is 0 Å². The van der Waals surface area contributed by atoms with Crippen molar-refractivity contribution in [3.63, 3.8) is 0 Å². The first-order valence-corrected chi connectivity index (χ1v) is 14.0. The molecule has 0 rings (SSSR count). The van der Waals surface area contributed by atoms with Gasteiger partial charge in [-0.25, -0.2) is 4.79 Å². The van der Waals surface area contributed by atoms with Crippen molar-refractivity contribution in [2.24, 2.45) is 0 Å². The number of carbonyl (C=O) groups excluding carboxylic acids is 1. The van der Waals surface area contributed by atoms with Crippen molar-refractivity contribution in [2.75, 3.05) is 0 Å². The fraction of sp³-hybridized carbons (Fsp3) is 0.929.